The van der Waals surface area contributed by atoms with Gasteiger partial charge in [0.15, 0.2) is 0 Å². The molecule has 3 rings (SSSR count). The Morgan fingerprint density at radius 1 is 1.39 bits per heavy atom. The van der Waals surface area contributed by atoms with E-state index in [1.165, 1.54) is 44.3 Å². The lowest BCUT2D eigenvalue weighted by Crippen LogP contribution is -2.44. The third-order valence-electron chi connectivity index (χ3n) is 4.61. The molecule has 2 aliphatic heterocycles. The van der Waals surface area contributed by atoms with Crippen molar-refractivity contribution in [3.8, 4) is 0 Å². The molecule has 3 atom stereocenters. The highest BCUT2D eigenvalue weighted by Gasteiger charge is 2.36. The maximum absolute atomic E-state index is 4.31. The molecule has 4 nitrogen and oxygen atoms in total. The number of rotatable bonds is 3. The van der Waals surface area contributed by atoms with E-state index < -0.39 is 0 Å². The molecule has 0 amide bonds. The van der Waals surface area contributed by atoms with E-state index in [1.54, 1.807) is 0 Å². The van der Waals surface area contributed by atoms with Gasteiger partial charge in [-0.2, -0.15) is 5.10 Å². The predicted molar refractivity (Wildman–Crippen MR) is 72.4 cm³/mol. The lowest BCUT2D eigenvalue weighted by molar-refractivity contribution is 0.163. The van der Waals surface area contributed by atoms with Gasteiger partial charge in [-0.05, 0) is 45.7 Å². The third-order valence-corrected chi connectivity index (χ3v) is 4.61. The summed E-state index contributed by atoms with van der Waals surface area (Å²) in [6.07, 6.45) is 9.55. The van der Waals surface area contributed by atoms with Crippen LogP contribution in [0.25, 0.3) is 0 Å². The van der Waals surface area contributed by atoms with Gasteiger partial charge in [-0.3, -0.25) is 9.58 Å². The molecule has 2 aliphatic rings. The summed E-state index contributed by atoms with van der Waals surface area (Å²) in [5.74, 6) is 0. The summed E-state index contributed by atoms with van der Waals surface area (Å²) in [6, 6.07) is 1.93. The van der Waals surface area contributed by atoms with Gasteiger partial charge in [-0.1, -0.05) is 0 Å². The topological polar surface area (TPSA) is 33.1 Å². The second-order valence-electron chi connectivity index (χ2n) is 5.77. The maximum atomic E-state index is 4.31. The zero-order chi connectivity index (χ0) is 12.5. The molecule has 2 saturated heterocycles. The van der Waals surface area contributed by atoms with Crippen molar-refractivity contribution in [2.24, 2.45) is 7.05 Å². The fourth-order valence-corrected chi connectivity index (χ4v) is 3.62. The Hall–Kier alpha value is -0.870. The van der Waals surface area contributed by atoms with Gasteiger partial charge in [-0.15, -0.1) is 0 Å². The molecule has 4 heteroatoms. The Labute approximate surface area is 109 Å². The fraction of sp³-hybridized carbons (Fsp3) is 0.786. The number of aryl methyl sites for hydroxylation is 1. The minimum absolute atomic E-state index is 0.494. The average molecular weight is 248 g/mol. The minimum Gasteiger partial charge on any atom is -0.312 e. The summed E-state index contributed by atoms with van der Waals surface area (Å²) < 4.78 is 1.91. The van der Waals surface area contributed by atoms with Crippen LogP contribution in [0.4, 0.5) is 0 Å². The molecule has 18 heavy (non-hydrogen) atoms. The molecule has 1 N–H and O–H groups in total. The van der Waals surface area contributed by atoms with Crippen molar-refractivity contribution >= 4 is 0 Å². The summed E-state index contributed by atoms with van der Waals surface area (Å²) in [6.45, 7) is 4.76. The molecule has 0 bridgehead atoms. The van der Waals surface area contributed by atoms with Crippen molar-refractivity contribution in [2.75, 3.05) is 13.1 Å². The van der Waals surface area contributed by atoms with Crippen LogP contribution in [0.15, 0.2) is 12.4 Å². The van der Waals surface area contributed by atoms with E-state index in [0.29, 0.717) is 12.1 Å². The van der Waals surface area contributed by atoms with Crippen molar-refractivity contribution in [3.63, 3.8) is 0 Å². The van der Waals surface area contributed by atoms with Gasteiger partial charge in [0.1, 0.15) is 0 Å². The molecule has 3 unspecified atom stereocenters. The first-order chi connectivity index (χ1) is 8.75. The van der Waals surface area contributed by atoms with Gasteiger partial charge in [0, 0.05) is 36.9 Å². The highest BCUT2D eigenvalue weighted by atomic mass is 15.3. The second-order valence-corrected chi connectivity index (χ2v) is 5.77. The van der Waals surface area contributed by atoms with Gasteiger partial charge in [0.05, 0.1) is 6.20 Å². The smallest absolute Gasteiger partial charge is 0.0537 e. The first kappa shape index (κ1) is 12.2. The number of nitrogens with zero attached hydrogens (tertiary/aromatic N) is 3. The summed E-state index contributed by atoms with van der Waals surface area (Å²) in [7, 11) is 2.00. The van der Waals surface area contributed by atoms with Crippen LogP contribution in [0.1, 0.15) is 44.2 Å². The number of likely N-dealkylation sites (tertiary alicyclic amines) is 1. The standard InChI is InChI=1S/C14H24N4/c1-11(12-9-16-17(2)10-12)18-8-4-6-14(18)13-5-3-7-15-13/h9-11,13-15H,3-8H2,1-2H3. The zero-order valence-corrected chi connectivity index (χ0v) is 11.5. The fourth-order valence-electron chi connectivity index (χ4n) is 3.62. The van der Waals surface area contributed by atoms with Crippen molar-refractivity contribution in [3.05, 3.63) is 18.0 Å². The summed E-state index contributed by atoms with van der Waals surface area (Å²) in [5, 5.41) is 7.98. The van der Waals surface area contributed by atoms with Crippen LogP contribution in [-0.2, 0) is 7.05 Å². The monoisotopic (exact) mass is 248 g/mol. The van der Waals surface area contributed by atoms with Gasteiger partial charge in [0.25, 0.3) is 0 Å². The van der Waals surface area contributed by atoms with Gasteiger partial charge < -0.3 is 5.32 Å². The number of hydrogen-bond donors (Lipinski definition) is 1. The van der Waals surface area contributed by atoms with E-state index in [4.69, 9.17) is 0 Å². The maximum Gasteiger partial charge on any atom is 0.0537 e. The predicted octanol–water partition coefficient (Wildman–Crippen LogP) is 1.70. The molecule has 0 aromatic carbocycles. The van der Waals surface area contributed by atoms with Crippen LogP contribution in [-0.4, -0.2) is 39.9 Å². The first-order valence-electron chi connectivity index (χ1n) is 7.23. The van der Waals surface area contributed by atoms with E-state index in [-0.39, 0.29) is 0 Å². The molecule has 0 spiro atoms. The van der Waals surface area contributed by atoms with Crippen molar-refractivity contribution in [1.29, 1.82) is 0 Å². The van der Waals surface area contributed by atoms with Gasteiger partial charge in [0.2, 0.25) is 0 Å². The van der Waals surface area contributed by atoms with Gasteiger partial charge in [-0.25, -0.2) is 0 Å². The van der Waals surface area contributed by atoms with E-state index in [1.807, 2.05) is 17.9 Å². The molecular formula is C14H24N4. The minimum atomic E-state index is 0.494. The number of nitrogens with one attached hydrogen (secondary N) is 1. The Morgan fingerprint density at radius 3 is 2.94 bits per heavy atom. The Bertz CT molecular complexity index is 394. The van der Waals surface area contributed by atoms with Crippen LogP contribution < -0.4 is 5.32 Å². The van der Waals surface area contributed by atoms with Crippen molar-refractivity contribution < 1.29 is 0 Å². The quantitative estimate of drug-likeness (QED) is 0.884. The zero-order valence-electron chi connectivity index (χ0n) is 11.5. The van der Waals surface area contributed by atoms with Crippen LogP contribution >= 0.6 is 0 Å². The van der Waals surface area contributed by atoms with E-state index >= 15 is 0 Å². The second kappa shape index (κ2) is 5.02. The Kier molecular flexibility index (Phi) is 3.39. The molecule has 0 saturated carbocycles. The first-order valence-corrected chi connectivity index (χ1v) is 7.23. The molecule has 0 aliphatic carbocycles. The third kappa shape index (κ3) is 2.19. The number of hydrogen-bond acceptors (Lipinski definition) is 3. The van der Waals surface area contributed by atoms with Crippen LogP contribution in [0.2, 0.25) is 0 Å². The van der Waals surface area contributed by atoms with E-state index in [9.17, 15) is 0 Å². The highest BCUT2D eigenvalue weighted by Crippen LogP contribution is 2.32. The molecule has 3 heterocycles. The highest BCUT2D eigenvalue weighted by molar-refractivity contribution is 5.11. The molecular weight excluding hydrogens is 224 g/mol. The Balaban J connectivity index is 1.73. The molecule has 100 valence electrons. The lowest BCUT2D eigenvalue weighted by atomic mass is 10.0. The normalized spacial score (nSPS) is 31.0. The largest absolute Gasteiger partial charge is 0.312 e. The van der Waals surface area contributed by atoms with Crippen LogP contribution in [0, 0.1) is 0 Å². The molecule has 2 fully saturated rings. The van der Waals surface area contributed by atoms with E-state index in [2.05, 4.69) is 28.4 Å². The summed E-state index contributed by atoms with van der Waals surface area (Å²) >= 11 is 0. The molecule has 1 aromatic heterocycles. The SMILES string of the molecule is CC(c1cnn(C)c1)N1CCCC1C1CCCN1. The Morgan fingerprint density at radius 2 is 2.28 bits per heavy atom. The lowest BCUT2D eigenvalue weighted by Gasteiger charge is -2.33. The molecule has 1 aromatic rings. The number of aromatic nitrogens is 2. The summed E-state index contributed by atoms with van der Waals surface area (Å²) in [5.41, 5.74) is 1.35. The van der Waals surface area contributed by atoms with Crippen LogP contribution in [0.5, 0.6) is 0 Å². The van der Waals surface area contributed by atoms with Crippen molar-refractivity contribution in [1.82, 2.24) is 20.0 Å². The van der Waals surface area contributed by atoms with E-state index in [0.717, 1.165) is 6.04 Å². The van der Waals surface area contributed by atoms with Crippen molar-refractivity contribution in [2.45, 2.75) is 50.7 Å². The molecule has 0 radical (unpaired) electrons. The summed E-state index contributed by atoms with van der Waals surface area (Å²) in [4.78, 5) is 2.68. The van der Waals surface area contributed by atoms with Gasteiger partial charge >= 0.3 is 0 Å². The van der Waals surface area contributed by atoms with Crippen LogP contribution in [0.3, 0.4) is 0 Å². The average Bonchev–Trinajstić information content (AvgIpc) is 3.08.